The minimum absolute atomic E-state index is 0.0157. The Balaban J connectivity index is 0.00000169. The molecule has 4 heterocycles. The first kappa shape index (κ1) is 124. The summed E-state index contributed by atoms with van der Waals surface area (Å²) >= 11 is 18.8. The molecule has 4 aromatic rings. The summed E-state index contributed by atoms with van der Waals surface area (Å²) in [6.07, 6.45) is 18.1. The van der Waals surface area contributed by atoms with Gasteiger partial charge in [-0.15, -0.1) is 0 Å². The van der Waals surface area contributed by atoms with Gasteiger partial charge in [-0.25, -0.2) is 39.9 Å². The fourth-order valence-corrected chi connectivity index (χ4v) is 45.8. The minimum atomic E-state index is -1.98. The number of carbonyl (C=O) groups is 4. The van der Waals surface area contributed by atoms with Crippen LogP contribution in [0.25, 0.3) is 41.8 Å². The summed E-state index contributed by atoms with van der Waals surface area (Å²) in [6, 6.07) is 4.22. The maximum atomic E-state index is 11.0. The maximum absolute atomic E-state index is 11.0. The van der Waals surface area contributed by atoms with Gasteiger partial charge in [0.1, 0.15) is 0 Å². The molecule has 0 spiro atoms. The lowest BCUT2D eigenvalue weighted by molar-refractivity contribution is -0.119. The van der Waals surface area contributed by atoms with Crippen molar-refractivity contribution in [3.05, 3.63) is 114 Å². The van der Waals surface area contributed by atoms with Crippen LogP contribution in [0.4, 0.5) is 0 Å². The van der Waals surface area contributed by atoms with Crippen LogP contribution in [0.5, 0.6) is 0 Å². The Morgan fingerprint density at radius 2 is 0.512 bits per heavy atom. The average molecular weight is 2060 g/mol. The number of aromatic nitrogens is 8. The molecule has 0 radical (unpaired) electrons. The molecule has 0 saturated carbocycles. The molecule has 0 bridgehead atoms. The van der Waals surface area contributed by atoms with E-state index in [1.165, 1.54) is 6.92 Å². The summed E-state index contributed by atoms with van der Waals surface area (Å²) in [5, 5.41) is 31.2. The fourth-order valence-electron chi connectivity index (χ4n) is 10.8. The number of azide groups is 4. The van der Waals surface area contributed by atoms with E-state index in [-0.39, 0.29) is 23.6 Å². The van der Waals surface area contributed by atoms with E-state index in [1.807, 2.05) is 0 Å². The van der Waals surface area contributed by atoms with Crippen molar-refractivity contribution >= 4 is 158 Å². The summed E-state index contributed by atoms with van der Waals surface area (Å²) in [5.41, 5.74) is 36.3. The van der Waals surface area contributed by atoms with Gasteiger partial charge in [0, 0.05) is 193 Å². The molecular formula is C76H144Cl2N24O15S4Si8. The SMILES string of the molecule is CC(=O)NCCC[Si](C)(C)Cl.CC(=O)NCCC[Si](C)(C)O[Si](C)(C)CCCNC(C)=O.CC(=O)NCCC[Si](C)(C)O[Si](C)(C)CSc1ncc(COCCOCCN=[N+]=[N-])cn1.C[Si](C)(CSc1ncc(COCCOCCN=[N+]=[N-])cn1)O[Si](C)(C)CSc1ncc(COCCOCCN=[N+]=[N-])cn1.C[Si](C)(Cl)CSc1ncc(COCCOCCN=[N+]=[N-])cn1. The van der Waals surface area contributed by atoms with Gasteiger partial charge in [-0.1, -0.05) is 93.7 Å². The van der Waals surface area contributed by atoms with Gasteiger partial charge in [-0.05, 0) is 151 Å². The van der Waals surface area contributed by atoms with Crippen LogP contribution in [0.15, 0.2) is 90.7 Å². The Kier molecular flexibility index (Phi) is 70.1. The number of nitrogens with zero attached hydrogens (tertiary/aromatic N) is 20. The van der Waals surface area contributed by atoms with Crippen LogP contribution < -0.4 is 21.3 Å². The number of hydrogen-bond donors (Lipinski definition) is 4. The highest BCUT2D eigenvalue weighted by molar-refractivity contribution is 8.01. The van der Waals surface area contributed by atoms with Crippen molar-refractivity contribution in [3.63, 3.8) is 0 Å². The molecule has 4 amide bonds. The largest absolute Gasteiger partial charge is 0.455 e. The van der Waals surface area contributed by atoms with Crippen molar-refractivity contribution in [1.29, 1.82) is 0 Å². The number of thioether (sulfide) groups is 4. The summed E-state index contributed by atoms with van der Waals surface area (Å²) < 4.78 is 63.1. The number of carbonyl (C=O) groups excluding carboxylic acids is 4. The van der Waals surface area contributed by atoms with Crippen molar-refractivity contribution in [2.75, 3.05) is 153 Å². The highest BCUT2D eigenvalue weighted by Crippen LogP contribution is 2.29. The van der Waals surface area contributed by atoms with E-state index in [4.69, 9.17) is 94.5 Å². The first-order valence-corrected chi connectivity index (χ1v) is 73.8. The first-order chi connectivity index (χ1) is 60.8. The zero-order valence-electron chi connectivity index (χ0n) is 79.5. The van der Waals surface area contributed by atoms with E-state index in [2.05, 4.69) is 206 Å². The Bertz CT molecular complexity index is 3780. The van der Waals surface area contributed by atoms with Gasteiger partial charge in [-0.2, -0.15) is 22.2 Å². The second-order valence-electron chi connectivity index (χ2n) is 33.8. The number of halogens is 2. The molecule has 4 aromatic heterocycles. The zero-order chi connectivity index (χ0) is 96.8. The van der Waals surface area contributed by atoms with Gasteiger partial charge >= 0.3 is 0 Å². The first-order valence-electron chi connectivity index (χ1n) is 42.7. The van der Waals surface area contributed by atoms with Crippen molar-refractivity contribution in [3.8, 4) is 0 Å². The van der Waals surface area contributed by atoms with Gasteiger partial charge in [-0.3, -0.25) is 19.2 Å². The van der Waals surface area contributed by atoms with E-state index >= 15 is 0 Å². The van der Waals surface area contributed by atoms with Crippen LogP contribution in [-0.2, 0) is 95.8 Å². The van der Waals surface area contributed by atoms with E-state index in [1.54, 1.807) is 117 Å². The monoisotopic (exact) mass is 2050 g/mol. The van der Waals surface area contributed by atoms with Crippen LogP contribution in [0.1, 0.15) is 75.6 Å². The molecule has 0 saturated heterocycles. The van der Waals surface area contributed by atoms with Gasteiger partial charge in [0.15, 0.2) is 85.3 Å². The predicted octanol–water partition coefficient (Wildman–Crippen LogP) is 17.1. The summed E-state index contributed by atoms with van der Waals surface area (Å²) in [6.45, 7) is 52.5. The smallest absolute Gasteiger partial charge is 0.216 e. The maximum Gasteiger partial charge on any atom is 0.216 e. The molecule has 129 heavy (non-hydrogen) atoms. The van der Waals surface area contributed by atoms with Crippen LogP contribution in [0.3, 0.4) is 0 Å². The molecule has 0 aliphatic heterocycles. The van der Waals surface area contributed by atoms with Gasteiger partial charge in [0.2, 0.25) is 23.6 Å². The number of nitrogens with one attached hydrogen (secondary N) is 4. The summed E-state index contributed by atoms with van der Waals surface area (Å²) in [4.78, 5) is 89.1. The highest BCUT2D eigenvalue weighted by atomic mass is 35.6. The van der Waals surface area contributed by atoms with Crippen molar-refractivity contribution in [2.24, 2.45) is 20.5 Å². The highest BCUT2D eigenvalue weighted by Gasteiger charge is 2.36. The number of amides is 4. The van der Waals surface area contributed by atoms with Crippen LogP contribution in [0.2, 0.25) is 129 Å². The van der Waals surface area contributed by atoms with Crippen LogP contribution in [-0.4, -0.2) is 281 Å². The molecule has 0 unspecified atom stereocenters. The molecule has 0 aromatic carbocycles. The van der Waals surface area contributed by atoms with E-state index < -0.39 is 64.7 Å². The second-order valence-corrected chi connectivity index (χ2v) is 79.6. The van der Waals surface area contributed by atoms with Crippen molar-refractivity contribution in [2.45, 2.75) is 229 Å². The van der Waals surface area contributed by atoms with Crippen LogP contribution >= 0.6 is 69.2 Å². The lowest BCUT2D eigenvalue weighted by Crippen LogP contribution is -2.48. The summed E-state index contributed by atoms with van der Waals surface area (Å²) in [7, 11) is -14.0. The lowest BCUT2D eigenvalue weighted by atomic mass is 10.4. The van der Waals surface area contributed by atoms with E-state index in [0.29, 0.717) is 138 Å². The molecule has 0 fully saturated rings. The predicted molar refractivity (Wildman–Crippen MR) is 536 cm³/mol. The number of rotatable bonds is 66. The molecule has 0 aliphatic rings. The average Bonchev–Trinajstić information content (AvgIpc) is 0.851. The molecule has 0 atom stereocenters. The van der Waals surface area contributed by atoms with Crippen molar-refractivity contribution in [1.82, 2.24) is 61.1 Å². The Morgan fingerprint density at radius 3 is 0.721 bits per heavy atom. The van der Waals surface area contributed by atoms with Crippen molar-refractivity contribution < 1.29 is 69.4 Å². The third-order valence-electron chi connectivity index (χ3n) is 16.0. The Hall–Kier alpha value is -5.28. The van der Waals surface area contributed by atoms with E-state index in [0.717, 1.165) is 134 Å². The zero-order valence-corrected chi connectivity index (χ0v) is 92.3. The minimum Gasteiger partial charge on any atom is -0.455 e. The summed E-state index contributed by atoms with van der Waals surface area (Å²) in [5.74, 6) is 0.118. The molecule has 728 valence electrons. The topological polar surface area (TPSA) is 516 Å². The standard InChI is InChI=1S/C24H40N10O5S2Si2.C19H36N6O4SSi2.C14H32N2O3Si2.C12H20ClN5O2SSi.C7H16ClNOSi/c1-42(2,19-40-23-27-13-21(14-28-23)17-37-11-9-35-7-5-31-33-25)39-43(3,4)20-41-24-29-15-22(16-30-24)18-38-12-10-36-8-6-32-34-26;1-17(26)21-7-6-12-31(2,3)29-32(4,5)16-30-19-22-13-18(14-23-19)15-28-11-10-27-9-8-24-25-20;1-13(17)15-9-7-11-20(3,4)19-21(5,6)12-8-10-16-14(2)18;1-22(2,13)10-21-12-15-7-11(8-16-12)9-20-6-5-19-4-3-17-18-14;1-7(10)9-5-4-6-11(2,3)8/h13-16H,5-12,17-20H2,1-4H3;13-14H,6-12,15-16H2,1-5H3,(H,21,26);7-12H2,1-6H3,(H,15,17)(H,16,18);7-8H,3-6,9-10H2,1-2H3;4-6H2,1-3H3,(H,9,10). The van der Waals surface area contributed by atoms with Gasteiger partial charge in [0.25, 0.3) is 0 Å². The number of ether oxygens (including phenoxy) is 8. The quantitative estimate of drug-likeness (QED) is 0.00466. The van der Waals surface area contributed by atoms with Crippen LogP contribution in [0, 0.1) is 0 Å². The molecule has 4 rings (SSSR count). The Labute approximate surface area is 798 Å². The number of hydrogen-bond acceptors (Lipinski definition) is 31. The molecule has 0 aliphatic carbocycles. The van der Waals surface area contributed by atoms with Gasteiger partial charge < -0.3 is 71.5 Å². The molecular weight excluding hydrogens is 1910 g/mol. The molecule has 53 heteroatoms. The molecule has 4 N–H and O–H groups in total. The molecule has 39 nitrogen and oxygen atoms in total. The second kappa shape index (κ2) is 73.1. The fraction of sp³-hybridized carbons (Fsp3) is 0.737. The normalized spacial score (nSPS) is 11.6. The Morgan fingerprint density at radius 1 is 0.310 bits per heavy atom. The van der Waals surface area contributed by atoms with Gasteiger partial charge in [0.05, 0.1) is 106 Å². The third kappa shape index (κ3) is 80.9. The lowest BCUT2D eigenvalue weighted by Gasteiger charge is -2.34. The van der Waals surface area contributed by atoms with E-state index in [9.17, 15) is 19.2 Å². The third-order valence-corrected chi connectivity index (χ3v) is 52.3.